The molecule has 3 aliphatic rings. The molecule has 6 rings (SSSR count). The molecule has 0 unspecified atom stereocenters. The second-order valence-corrected chi connectivity index (χ2v) is 15.0. The van der Waals surface area contributed by atoms with Crippen molar-refractivity contribution in [2.45, 2.75) is 55.4 Å². The van der Waals surface area contributed by atoms with Gasteiger partial charge in [-0.3, -0.25) is 4.90 Å². The lowest BCUT2D eigenvalue weighted by molar-refractivity contribution is -0.200. The molecule has 248 valence electrons. The molecule has 3 aromatic rings. The highest BCUT2D eigenvalue weighted by molar-refractivity contribution is 7.89. The fourth-order valence-electron chi connectivity index (χ4n) is 6.78. The van der Waals surface area contributed by atoms with Gasteiger partial charge in [0.15, 0.2) is 0 Å². The molecule has 13 heteroatoms. The van der Waals surface area contributed by atoms with Crippen molar-refractivity contribution < 1.29 is 31.1 Å². The van der Waals surface area contributed by atoms with Gasteiger partial charge in [0.2, 0.25) is 10.0 Å². The molecule has 1 aliphatic carbocycles. The van der Waals surface area contributed by atoms with Crippen molar-refractivity contribution in [3.05, 3.63) is 48.2 Å². The van der Waals surface area contributed by atoms with Gasteiger partial charge >= 0.3 is 6.18 Å². The Morgan fingerprint density at radius 3 is 2.43 bits per heavy atom. The smallest absolute Gasteiger partial charge is 0.406 e. The maximum Gasteiger partial charge on any atom is 0.406 e. The summed E-state index contributed by atoms with van der Waals surface area (Å²) < 4.78 is 79.2. The first-order valence-electron chi connectivity index (χ1n) is 15.5. The number of benzene rings is 2. The number of ether oxygens (including phenoxy) is 2. The van der Waals surface area contributed by atoms with E-state index in [-0.39, 0.29) is 23.2 Å². The summed E-state index contributed by atoms with van der Waals surface area (Å²) in [6.45, 7) is 2.97. The number of hydrogen-bond donors (Lipinski definition) is 2. The highest BCUT2D eigenvalue weighted by atomic mass is 32.2. The molecule has 2 aliphatic heterocycles. The number of aromatic nitrogens is 1. The number of rotatable bonds is 9. The van der Waals surface area contributed by atoms with Crippen molar-refractivity contribution in [3.63, 3.8) is 0 Å². The van der Waals surface area contributed by atoms with Crippen LogP contribution in [0.3, 0.4) is 0 Å². The van der Waals surface area contributed by atoms with E-state index in [1.165, 1.54) is 37.9 Å². The van der Waals surface area contributed by atoms with Crippen molar-refractivity contribution in [2.24, 2.45) is 5.41 Å². The molecule has 2 N–H and O–H groups in total. The number of fused-ring (bicyclic) bond motifs is 1. The number of sulfonamides is 1. The van der Waals surface area contributed by atoms with Crippen molar-refractivity contribution in [3.8, 4) is 17.6 Å². The second kappa shape index (κ2) is 12.6. The average molecular weight is 660 g/mol. The van der Waals surface area contributed by atoms with Gasteiger partial charge in [-0.15, -0.1) is 0 Å². The minimum absolute atomic E-state index is 0.0775. The van der Waals surface area contributed by atoms with Crippen LogP contribution in [0.15, 0.2) is 47.4 Å². The second-order valence-electron chi connectivity index (χ2n) is 12.8. The first-order valence-corrected chi connectivity index (χ1v) is 16.9. The first kappa shape index (κ1) is 32.5. The minimum atomic E-state index is -4.43. The predicted molar refractivity (Wildman–Crippen MR) is 172 cm³/mol. The number of hydrogen-bond acceptors (Lipinski definition) is 7. The third kappa shape index (κ3) is 6.67. The Kier molecular flexibility index (Phi) is 8.93. The monoisotopic (exact) mass is 659 g/mol. The highest BCUT2D eigenvalue weighted by Crippen LogP contribution is 2.41. The summed E-state index contributed by atoms with van der Waals surface area (Å²) >= 11 is 0. The summed E-state index contributed by atoms with van der Waals surface area (Å²) in [6.07, 6.45) is -0.210. The van der Waals surface area contributed by atoms with E-state index in [1.54, 1.807) is 24.3 Å². The molecule has 0 amide bonds. The van der Waals surface area contributed by atoms with Crippen LogP contribution in [-0.2, 0) is 21.3 Å². The Hall–Kier alpha value is -3.44. The van der Waals surface area contributed by atoms with Crippen LogP contribution in [0.1, 0.15) is 31.4 Å². The summed E-state index contributed by atoms with van der Waals surface area (Å²) in [4.78, 5) is 2.66. The molecular formula is C33H40F3N5O4S. The topological polar surface area (TPSA) is 88.1 Å². The van der Waals surface area contributed by atoms with Crippen LogP contribution < -0.4 is 15.4 Å². The predicted octanol–water partition coefficient (Wildman–Crippen LogP) is 4.98. The van der Waals surface area contributed by atoms with Crippen LogP contribution in [0.25, 0.3) is 10.9 Å². The number of anilines is 2. The van der Waals surface area contributed by atoms with E-state index >= 15 is 0 Å². The van der Waals surface area contributed by atoms with Crippen molar-refractivity contribution in [1.29, 1.82) is 0 Å². The zero-order valence-corrected chi connectivity index (χ0v) is 27.1. The zero-order valence-electron chi connectivity index (χ0n) is 26.3. The molecule has 3 heterocycles. The van der Waals surface area contributed by atoms with Gasteiger partial charge in [-0.05, 0) is 61.9 Å². The molecule has 2 saturated heterocycles. The number of likely N-dealkylation sites (tertiary alicyclic amines) is 1. The quantitative estimate of drug-likeness (QED) is 0.314. The van der Waals surface area contributed by atoms with Gasteiger partial charge in [-0.1, -0.05) is 12.0 Å². The maximum atomic E-state index is 13.7. The Balaban J connectivity index is 1.16. The normalized spacial score (nSPS) is 21.4. The summed E-state index contributed by atoms with van der Waals surface area (Å²) in [5.74, 6) is 6.16. The van der Waals surface area contributed by atoms with E-state index in [9.17, 15) is 21.6 Å². The van der Waals surface area contributed by atoms with E-state index in [0.717, 1.165) is 62.0 Å². The summed E-state index contributed by atoms with van der Waals surface area (Å²) in [6, 6.07) is 12.4. The molecule has 0 atom stereocenters. The fraction of sp³-hybridized carbons (Fsp3) is 0.515. The number of alkyl halides is 3. The highest BCUT2D eigenvalue weighted by Gasteiger charge is 2.50. The Bertz CT molecular complexity index is 1740. The summed E-state index contributed by atoms with van der Waals surface area (Å²) in [5, 5.41) is 7.42. The summed E-state index contributed by atoms with van der Waals surface area (Å²) in [7, 11) is 0.668. The number of nitrogens with zero attached hydrogens (tertiary/aromatic N) is 3. The third-order valence-corrected chi connectivity index (χ3v) is 11.1. The first-order chi connectivity index (χ1) is 21.9. The van der Waals surface area contributed by atoms with Crippen LogP contribution in [0.2, 0.25) is 0 Å². The number of nitrogens with one attached hydrogen (secondary N) is 2. The van der Waals surface area contributed by atoms with Crippen LogP contribution in [0.5, 0.6) is 5.75 Å². The lowest BCUT2D eigenvalue weighted by atomic mass is 9.75. The van der Waals surface area contributed by atoms with Crippen molar-refractivity contribution in [1.82, 2.24) is 13.8 Å². The molecule has 0 bridgehead atoms. The van der Waals surface area contributed by atoms with Gasteiger partial charge in [-0.2, -0.15) is 13.2 Å². The molecule has 1 aromatic heterocycles. The molecular weight excluding hydrogens is 619 g/mol. The fourth-order valence-corrected chi connectivity index (χ4v) is 7.70. The van der Waals surface area contributed by atoms with Crippen molar-refractivity contribution >= 4 is 32.3 Å². The van der Waals surface area contributed by atoms with Gasteiger partial charge in [-0.25, -0.2) is 12.7 Å². The zero-order chi connectivity index (χ0) is 32.7. The molecule has 1 spiro atoms. The molecule has 0 radical (unpaired) electrons. The van der Waals surface area contributed by atoms with Gasteiger partial charge < -0.3 is 24.7 Å². The van der Waals surface area contributed by atoms with Gasteiger partial charge in [0, 0.05) is 61.8 Å². The van der Waals surface area contributed by atoms with Crippen LogP contribution in [-0.4, -0.2) is 94.5 Å². The standard InChI is InChI=1S/C33H40F3N5O4S/c1-39(2)46(42,43)26-13-14-29(31(17-26)44-3)37-15-5-6-25-16-27-28(7-4-8-30(27)41(25)20-33(34,35)36)38-23-9-11-24(12-10-23)40-18-32(19-40)21-45-22-32/h4,7-8,13-14,16-17,23-24,37-38H,9-12,15,18-22H2,1-3H3. The summed E-state index contributed by atoms with van der Waals surface area (Å²) in [5.41, 5.74) is 2.47. The lowest BCUT2D eigenvalue weighted by Crippen LogP contribution is -2.68. The average Bonchev–Trinajstić information content (AvgIpc) is 3.31. The van der Waals surface area contributed by atoms with Gasteiger partial charge in [0.05, 0.1) is 48.7 Å². The number of halogens is 3. The van der Waals surface area contributed by atoms with E-state index in [1.807, 2.05) is 6.07 Å². The Morgan fingerprint density at radius 2 is 1.80 bits per heavy atom. The van der Waals surface area contributed by atoms with E-state index < -0.39 is 22.7 Å². The van der Waals surface area contributed by atoms with Gasteiger partial charge in [0.25, 0.3) is 0 Å². The van der Waals surface area contributed by atoms with E-state index in [4.69, 9.17) is 9.47 Å². The molecule has 2 aromatic carbocycles. The van der Waals surface area contributed by atoms with E-state index in [2.05, 4.69) is 27.4 Å². The van der Waals surface area contributed by atoms with Gasteiger partial charge in [0.1, 0.15) is 12.3 Å². The molecule has 1 saturated carbocycles. The van der Waals surface area contributed by atoms with E-state index in [0.29, 0.717) is 33.8 Å². The molecule has 9 nitrogen and oxygen atoms in total. The minimum Gasteiger partial charge on any atom is -0.495 e. The van der Waals surface area contributed by atoms with Crippen LogP contribution >= 0.6 is 0 Å². The van der Waals surface area contributed by atoms with Crippen LogP contribution in [0.4, 0.5) is 24.5 Å². The lowest BCUT2D eigenvalue weighted by Gasteiger charge is -2.58. The third-order valence-electron chi connectivity index (χ3n) is 9.28. The maximum absolute atomic E-state index is 13.7. The van der Waals surface area contributed by atoms with Crippen LogP contribution in [0, 0.1) is 17.3 Å². The number of methoxy groups -OCH3 is 1. The molecule has 46 heavy (non-hydrogen) atoms. The molecule has 3 fully saturated rings. The van der Waals surface area contributed by atoms with Crippen molar-refractivity contribution in [2.75, 3.05) is 64.7 Å². The SMILES string of the molecule is COc1cc(S(=O)(=O)N(C)C)ccc1NCC#Cc1cc2c(NC3CCC(N4CC5(COC5)C4)CC3)cccc2n1CC(F)(F)F. The Morgan fingerprint density at radius 1 is 1.07 bits per heavy atom. The Labute approximate surface area is 268 Å². The largest absolute Gasteiger partial charge is 0.495 e.